The molecule has 2 amide bonds. The van der Waals surface area contributed by atoms with Gasteiger partial charge in [-0.1, -0.05) is 30.3 Å². The van der Waals surface area contributed by atoms with E-state index < -0.39 is 0 Å². The van der Waals surface area contributed by atoms with Gasteiger partial charge in [0.1, 0.15) is 24.7 Å². The van der Waals surface area contributed by atoms with Gasteiger partial charge in [0.15, 0.2) is 0 Å². The molecule has 0 saturated heterocycles. The number of carbonyl (C=O) groups excluding carboxylic acids is 2. The molecule has 0 aliphatic carbocycles. The number of nitrogens with zero attached hydrogens (tertiary/aromatic N) is 2. The zero-order valence-electron chi connectivity index (χ0n) is 18.2. The van der Waals surface area contributed by atoms with E-state index in [0.717, 1.165) is 12.0 Å². The summed E-state index contributed by atoms with van der Waals surface area (Å²) in [5, 5.41) is 2.01. The zero-order valence-corrected chi connectivity index (χ0v) is 19.0. The summed E-state index contributed by atoms with van der Waals surface area (Å²) in [6.07, 6.45) is 2.37. The van der Waals surface area contributed by atoms with E-state index in [1.807, 2.05) is 17.5 Å². The highest BCUT2D eigenvalue weighted by molar-refractivity contribution is 7.10. The average Bonchev–Trinajstić information content (AvgIpc) is 3.31. The van der Waals surface area contributed by atoms with Gasteiger partial charge in [-0.25, -0.2) is 4.39 Å². The third-order valence-electron chi connectivity index (χ3n) is 5.60. The fourth-order valence-corrected chi connectivity index (χ4v) is 4.93. The standard InChI is InChI=1S/C26H25FN2O3S/c1-2-13-28(26(31)19-7-4-3-5-8-19)17-25(30)29-14-11-24-22(12-15-33-24)23(29)18-32-21-10-6-9-20(27)16-21/h2-10,12,15-16,23H,1,11,13-14,17-18H2/t23-/m0/s1. The number of carbonyl (C=O) groups is 2. The van der Waals surface area contributed by atoms with Gasteiger partial charge in [-0.15, -0.1) is 17.9 Å². The Balaban J connectivity index is 1.52. The lowest BCUT2D eigenvalue weighted by molar-refractivity contribution is -0.135. The molecule has 1 atom stereocenters. The van der Waals surface area contributed by atoms with Crippen molar-refractivity contribution in [2.45, 2.75) is 12.5 Å². The summed E-state index contributed by atoms with van der Waals surface area (Å²) < 4.78 is 19.4. The highest BCUT2D eigenvalue weighted by atomic mass is 32.1. The van der Waals surface area contributed by atoms with Crippen molar-refractivity contribution in [1.29, 1.82) is 0 Å². The van der Waals surface area contributed by atoms with Crippen molar-refractivity contribution in [3.63, 3.8) is 0 Å². The van der Waals surface area contributed by atoms with Crippen molar-refractivity contribution in [2.24, 2.45) is 0 Å². The lowest BCUT2D eigenvalue weighted by Gasteiger charge is -2.37. The smallest absolute Gasteiger partial charge is 0.254 e. The molecule has 2 heterocycles. The number of rotatable bonds is 8. The zero-order chi connectivity index (χ0) is 23.2. The Morgan fingerprint density at radius 1 is 1.18 bits per heavy atom. The Kier molecular flexibility index (Phi) is 7.19. The molecular weight excluding hydrogens is 439 g/mol. The molecule has 0 N–H and O–H groups in total. The quantitative estimate of drug-likeness (QED) is 0.453. The molecule has 0 unspecified atom stereocenters. The maximum Gasteiger partial charge on any atom is 0.254 e. The van der Waals surface area contributed by atoms with Crippen LogP contribution >= 0.6 is 11.3 Å². The fourth-order valence-electron chi connectivity index (χ4n) is 4.00. The molecule has 0 saturated carbocycles. The topological polar surface area (TPSA) is 49.9 Å². The predicted octanol–water partition coefficient (Wildman–Crippen LogP) is 4.72. The second-order valence-electron chi connectivity index (χ2n) is 7.76. The van der Waals surface area contributed by atoms with Crippen LogP contribution in [0.5, 0.6) is 5.75 Å². The first-order chi connectivity index (χ1) is 16.1. The lowest BCUT2D eigenvalue weighted by Crippen LogP contribution is -2.47. The number of hydrogen-bond donors (Lipinski definition) is 0. The van der Waals surface area contributed by atoms with E-state index in [2.05, 4.69) is 6.58 Å². The van der Waals surface area contributed by atoms with Gasteiger partial charge in [0.2, 0.25) is 5.91 Å². The summed E-state index contributed by atoms with van der Waals surface area (Å²) in [5.41, 5.74) is 1.57. The normalized spacial score (nSPS) is 14.9. The van der Waals surface area contributed by atoms with Crippen LogP contribution in [0.25, 0.3) is 0 Å². The third kappa shape index (κ3) is 5.31. The number of thiophene rings is 1. The second kappa shape index (κ2) is 10.4. The molecule has 0 bridgehead atoms. The molecule has 1 aliphatic rings. The van der Waals surface area contributed by atoms with Crippen molar-refractivity contribution >= 4 is 23.2 Å². The van der Waals surface area contributed by atoms with Crippen molar-refractivity contribution in [3.8, 4) is 5.75 Å². The Morgan fingerprint density at radius 2 is 2.00 bits per heavy atom. The summed E-state index contributed by atoms with van der Waals surface area (Å²) in [4.78, 5) is 30.9. The fraction of sp³-hybridized carbons (Fsp3) is 0.231. The molecule has 33 heavy (non-hydrogen) atoms. The van der Waals surface area contributed by atoms with Crippen LogP contribution in [0.3, 0.4) is 0 Å². The monoisotopic (exact) mass is 464 g/mol. The largest absolute Gasteiger partial charge is 0.491 e. The third-order valence-corrected chi connectivity index (χ3v) is 6.60. The Morgan fingerprint density at radius 3 is 2.76 bits per heavy atom. The number of fused-ring (bicyclic) bond motifs is 1. The summed E-state index contributed by atoms with van der Waals surface area (Å²) in [7, 11) is 0. The van der Waals surface area contributed by atoms with Crippen molar-refractivity contribution in [3.05, 3.63) is 101 Å². The summed E-state index contributed by atoms with van der Waals surface area (Å²) >= 11 is 1.66. The molecule has 0 fully saturated rings. The molecule has 3 aromatic rings. The van der Waals surface area contributed by atoms with Gasteiger partial charge in [-0.3, -0.25) is 9.59 Å². The molecule has 0 radical (unpaired) electrons. The van der Waals surface area contributed by atoms with Crippen molar-refractivity contribution in [2.75, 3.05) is 26.2 Å². The van der Waals surface area contributed by atoms with Crippen LogP contribution in [0.1, 0.15) is 26.8 Å². The van der Waals surface area contributed by atoms with Crippen LogP contribution in [0.15, 0.2) is 78.7 Å². The first-order valence-electron chi connectivity index (χ1n) is 10.8. The molecule has 170 valence electrons. The number of benzene rings is 2. The molecule has 7 heteroatoms. The van der Waals surface area contributed by atoms with Gasteiger partial charge in [-0.2, -0.15) is 0 Å². The average molecular weight is 465 g/mol. The Hall–Kier alpha value is -3.45. The minimum absolute atomic E-state index is 0.0598. The molecule has 0 spiro atoms. The first-order valence-corrected chi connectivity index (χ1v) is 11.6. The van der Waals surface area contributed by atoms with Crippen LogP contribution in [-0.2, 0) is 11.2 Å². The predicted molar refractivity (Wildman–Crippen MR) is 127 cm³/mol. The molecular formula is C26H25FN2O3S. The van der Waals surface area contributed by atoms with Crippen molar-refractivity contribution in [1.82, 2.24) is 9.80 Å². The minimum Gasteiger partial charge on any atom is -0.491 e. The van der Waals surface area contributed by atoms with E-state index in [4.69, 9.17) is 4.74 Å². The number of halogens is 1. The van der Waals surface area contributed by atoms with Gasteiger partial charge < -0.3 is 14.5 Å². The van der Waals surface area contributed by atoms with E-state index in [1.165, 1.54) is 21.9 Å². The highest BCUT2D eigenvalue weighted by Gasteiger charge is 2.33. The van der Waals surface area contributed by atoms with E-state index in [9.17, 15) is 14.0 Å². The van der Waals surface area contributed by atoms with Crippen LogP contribution in [-0.4, -0.2) is 47.9 Å². The SMILES string of the molecule is C=CCN(CC(=O)N1CCc2sccc2[C@@H]1COc1cccc(F)c1)C(=O)c1ccccc1. The summed E-state index contributed by atoms with van der Waals surface area (Å²) in [6, 6.07) is 16.6. The maximum atomic E-state index is 13.6. The van der Waals surface area contributed by atoms with Crippen LogP contribution < -0.4 is 4.74 Å². The van der Waals surface area contributed by atoms with Crippen LogP contribution in [0.2, 0.25) is 0 Å². The number of hydrogen-bond acceptors (Lipinski definition) is 4. The van der Waals surface area contributed by atoms with E-state index in [1.54, 1.807) is 58.7 Å². The van der Waals surface area contributed by atoms with Crippen LogP contribution in [0.4, 0.5) is 4.39 Å². The van der Waals surface area contributed by atoms with Gasteiger partial charge in [-0.05, 0) is 47.7 Å². The highest BCUT2D eigenvalue weighted by Crippen LogP contribution is 2.34. The molecule has 1 aromatic heterocycles. The molecule has 5 nitrogen and oxygen atoms in total. The van der Waals surface area contributed by atoms with E-state index in [0.29, 0.717) is 17.9 Å². The first kappa shape index (κ1) is 22.7. The molecule has 1 aliphatic heterocycles. The summed E-state index contributed by atoms with van der Waals surface area (Å²) in [6.45, 7) is 4.68. The molecule has 2 aromatic carbocycles. The van der Waals surface area contributed by atoms with Crippen LogP contribution in [0, 0.1) is 5.82 Å². The number of amides is 2. The van der Waals surface area contributed by atoms with Crippen molar-refractivity contribution < 1.29 is 18.7 Å². The minimum atomic E-state index is -0.375. The second-order valence-corrected chi connectivity index (χ2v) is 8.76. The van der Waals surface area contributed by atoms with Gasteiger partial charge in [0.05, 0.1) is 6.04 Å². The van der Waals surface area contributed by atoms with Gasteiger partial charge in [0, 0.05) is 29.6 Å². The van der Waals surface area contributed by atoms with Gasteiger partial charge >= 0.3 is 0 Å². The van der Waals surface area contributed by atoms with E-state index >= 15 is 0 Å². The summed E-state index contributed by atoms with van der Waals surface area (Å²) in [5.74, 6) is -0.340. The Labute approximate surface area is 196 Å². The Bertz CT molecular complexity index is 1130. The van der Waals surface area contributed by atoms with Gasteiger partial charge in [0.25, 0.3) is 5.91 Å². The maximum absolute atomic E-state index is 13.6. The lowest BCUT2D eigenvalue weighted by atomic mass is 10.0. The molecule has 4 rings (SSSR count). The number of ether oxygens (including phenoxy) is 1. The van der Waals surface area contributed by atoms with E-state index in [-0.39, 0.29) is 43.4 Å².